The molecule has 0 saturated heterocycles. The Morgan fingerprint density at radius 2 is 1.82 bits per heavy atom. The van der Waals surface area contributed by atoms with Gasteiger partial charge in [0, 0.05) is 11.8 Å². The van der Waals surface area contributed by atoms with Crippen LogP contribution in [0.5, 0.6) is 0 Å². The Morgan fingerprint density at radius 1 is 1.14 bits per heavy atom. The van der Waals surface area contributed by atoms with E-state index in [0.717, 1.165) is 12.1 Å². The Bertz CT molecular complexity index is 921. The summed E-state index contributed by atoms with van der Waals surface area (Å²) in [6.45, 7) is 5.86. The van der Waals surface area contributed by atoms with Crippen LogP contribution in [0.2, 0.25) is 0 Å². The molecule has 0 unspecified atom stereocenters. The second-order valence-corrected chi connectivity index (χ2v) is 6.33. The zero-order chi connectivity index (χ0) is 21.0. The van der Waals surface area contributed by atoms with Gasteiger partial charge in [-0.1, -0.05) is 0 Å². The van der Waals surface area contributed by atoms with Crippen molar-refractivity contribution in [1.29, 1.82) is 0 Å². The molecule has 0 fully saturated rings. The average molecular weight is 394 g/mol. The van der Waals surface area contributed by atoms with Crippen LogP contribution >= 0.6 is 0 Å². The van der Waals surface area contributed by atoms with Crippen LogP contribution in [-0.2, 0) is 14.3 Å². The predicted molar refractivity (Wildman–Crippen MR) is 96.1 cm³/mol. The number of carbonyl (C=O) groups is 3. The molecule has 0 aliphatic carbocycles. The lowest BCUT2D eigenvalue weighted by Gasteiger charge is -2.08. The van der Waals surface area contributed by atoms with Gasteiger partial charge in [0.1, 0.15) is 17.3 Å². The van der Waals surface area contributed by atoms with Gasteiger partial charge in [0.25, 0.3) is 5.91 Å². The second-order valence-electron chi connectivity index (χ2n) is 6.33. The summed E-state index contributed by atoms with van der Waals surface area (Å²) in [5, 5.41) is 2.17. The van der Waals surface area contributed by atoms with Crippen LogP contribution in [0, 0.1) is 25.5 Å². The smallest absolute Gasteiger partial charge is 0.355 e. The maximum absolute atomic E-state index is 13.5. The minimum absolute atomic E-state index is 0.00830. The van der Waals surface area contributed by atoms with Crippen LogP contribution in [0.1, 0.15) is 46.0 Å². The maximum Gasteiger partial charge on any atom is 0.355 e. The number of hydrogen-bond acceptors (Lipinski definition) is 5. The Hall–Kier alpha value is -3.23. The number of nitrogens with one attached hydrogen (secondary N) is 2. The number of aromatic amines is 1. The van der Waals surface area contributed by atoms with Gasteiger partial charge in [-0.2, -0.15) is 0 Å². The van der Waals surface area contributed by atoms with Crippen molar-refractivity contribution in [1.82, 2.24) is 4.98 Å². The van der Waals surface area contributed by atoms with E-state index in [1.165, 1.54) is 0 Å². The van der Waals surface area contributed by atoms with Gasteiger partial charge < -0.3 is 19.8 Å². The monoisotopic (exact) mass is 394 g/mol. The van der Waals surface area contributed by atoms with Gasteiger partial charge in [0.05, 0.1) is 17.4 Å². The number of rotatable bonds is 6. The van der Waals surface area contributed by atoms with E-state index in [1.54, 1.807) is 27.7 Å². The molecule has 150 valence electrons. The largest absolute Gasteiger partial charge is 0.459 e. The van der Waals surface area contributed by atoms with Crippen molar-refractivity contribution in [3.05, 3.63) is 52.3 Å². The summed E-state index contributed by atoms with van der Waals surface area (Å²) in [5.74, 6) is -3.99. The number of H-pyrrole nitrogens is 1. The molecule has 9 heteroatoms. The first-order chi connectivity index (χ1) is 13.1. The van der Waals surface area contributed by atoms with E-state index in [4.69, 9.17) is 9.47 Å². The molecule has 0 saturated carbocycles. The van der Waals surface area contributed by atoms with Gasteiger partial charge in [0.2, 0.25) is 0 Å². The van der Waals surface area contributed by atoms with E-state index < -0.39 is 36.1 Å². The van der Waals surface area contributed by atoms with Crippen LogP contribution in [0.15, 0.2) is 18.2 Å². The van der Waals surface area contributed by atoms with Crippen molar-refractivity contribution >= 4 is 23.5 Å². The molecule has 2 aromatic rings. The van der Waals surface area contributed by atoms with Crippen molar-refractivity contribution in [2.24, 2.45) is 0 Å². The predicted octanol–water partition coefficient (Wildman–Crippen LogP) is 3.27. The first-order valence-electron chi connectivity index (χ1n) is 8.42. The summed E-state index contributed by atoms with van der Waals surface area (Å²) >= 11 is 0. The van der Waals surface area contributed by atoms with Crippen molar-refractivity contribution < 1.29 is 32.6 Å². The Balaban J connectivity index is 2.03. The summed E-state index contributed by atoms with van der Waals surface area (Å²) in [6.07, 6.45) is -0.327. The van der Waals surface area contributed by atoms with Crippen molar-refractivity contribution in [2.75, 3.05) is 11.9 Å². The van der Waals surface area contributed by atoms with Crippen LogP contribution in [0.3, 0.4) is 0 Å². The van der Waals surface area contributed by atoms with Crippen molar-refractivity contribution in [3.63, 3.8) is 0 Å². The lowest BCUT2D eigenvalue weighted by Crippen LogP contribution is -2.22. The standard InChI is InChI=1S/C19H20F2N2O5/c1-9(2)28-18(25)16-10(3)17(22-11(16)4)19(26)27-8-15(24)23-14-6-5-12(20)7-13(14)21/h5-7,9,22H,8H2,1-4H3,(H,23,24). The zero-order valence-electron chi connectivity index (χ0n) is 15.8. The fraction of sp³-hybridized carbons (Fsp3) is 0.316. The van der Waals surface area contributed by atoms with E-state index >= 15 is 0 Å². The average Bonchev–Trinajstić information content (AvgIpc) is 2.89. The molecule has 0 bridgehead atoms. The van der Waals surface area contributed by atoms with Crippen molar-refractivity contribution in [3.8, 4) is 0 Å². The van der Waals surface area contributed by atoms with E-state index in [1.807, 2.05) is 0 Å². The first kappa shape index (κ1) is 21.1. The van der Waals surface area contributed by atoms with Gasteiger partial charge in [-0.05, 0) is 45.4 Å². The third-order valence-electron chi connectivity index (χ3n) is 3.73. The minimum atomic E-state index is -0.955. The molecule has 2 N–H and O–H groups in total. The molecule has 1 amide bonds. The number of amides is 1. The summed E-state index contributed by atoms with van der Waals surface area (Å²) in [7, 11) is 0. The zero-order valence-corrected chi connectivity index (χ0v) is 15.8. The normalized spacial score (nSPS) is 10.7. The third kappa shape index (κ3) is 4.93. The van der Waals surface area contributed by atoms with E-state index in [0.29, 0.717) is 17.3 Å². The number of aromatic nitrogens is 1. The molecule has 0 aliphatic rings. The number of aryl methyl sites for hydroxylation is 1. The molecule has 28 heavy (non-hydrogen) atoms. The number of benzene rings is 1. The van der Waals surface area contributed by atoms with Gasteiger partial charge in [-0.25, -0.2) is 18.4 Å². The van der Waals surface area contributed by atoms with E-state index in [2.05, 4.69) is 10.3 Å². The highest BCUT2D eigenvalue weighted by molar-refractivity contribution is 5.99. The summed E-state index contributed by atoms with van der Waals surface area (Å²) in [5.41, 5.74) is 0.742. The number of halogens is 2. The Kier molecular flexibility index (Phi) is 6.50. The van der Waals surface area contributed by atoms with Crippen LogP contribution < -0.4 is 5.32 Å². The SMILES string of the molecule is Cc1[nH]c(C(=O)OCC(=O)Nc2ccc(F)cc2F)c(C)c1C(=O)OC(C)C. The molecule has 7 nitrogen and oxygen atoms in total. The lowest BCUT2D eigenvalue weighted by atomic mass is 10.1. The maximum atomic E-state index is 13.5. The van der Waals surface area contributed by atoms with Gasteiger partial charge >= 0.3 is 11.9 Å². The molecule has 0 aliphatic heterocycles. The molecular formula is C19H20F2N2O5. The Labute approximate surface area is 160 Å². The number of anilines is 1. The highest BCUT2D eigenvalue weighted by Gasteiger charge is 2.25. The molecule has 0 atom stereocenters. The summed E-state index contributed by atoms with van der Waals surface area (Å²) < 4.78 is 36.4. The number of carbonyl (C=O) groups excluding carboxylic acids is 3. The first-order valence-corrected chi connectivity index (χ1v) is 8.42. The fourth-order valence-electron chi connectivity index (χ4n) is 2.51. The minimum Gasteiger partial charge on any atom is -0.459 e. The third-order valence-corrected chi connectivity index (χ3v) is 3.73. The fourth-order valence-corrected chi connectivity index (χ4v) is 2.51. The number of ether oxygens (including phenoxy) is 2. The van der Waals surface area contributed by atoms with E-state index in [9.17, 15) is 23.2 Å². The number of hydrogen-bond donors (Lipinski definition) is 2. The molecule has 1 aromatic heterocycles. The van der Waals surface area contributed by atoms with Crippen LogP contribution in [-0.4, -0.2) is 35.5 Å². The van der Waals surface area contributed by atoms with Gasteiger partial charge in [0.15, 0.2) is 6.61 Å². The summed E-state index contributed by atoms with van der Waals surface area (Å²) in [4.78, 5) is 39.0. The quantitative estimate of drug-likeness (QED) is 0.733. The van der Waals surface area contributed by atoms with Crippen molar-refractivity contribution in [2.45, 2.75) is 33.8 Å². The Morgan fingerprint density at radius 3 is 2.43 bits per heavy atom. The highest BCUT2D eigenvalue weighted by atomic mass is 19.1. The second kappa shape index (κ2) is 8.64. The topological polar surface area (TPSA) is 97.5 Å². The molecule has 1 heterocycles. The van der Waals surface area contributed by atoms with Gasteiger partial charge in [-0.15, -0.1) is 0 Å². The van der Waals surface area contributed by atoms with E-state index in [-0.39, 0.29) is 23.0 Å². The summed E-state index contributed by atoms with van der Waals surface area (Å²) in [6, 6.07) is 2.65. The lowest BCUT2D eigenvalue weighted by molar-refractivity contribution is -0.119. The van der Waals surface area contributed by atoms with Gasteiger partial charge in [-0.3, -0.25) is 4.79 Å². The highest BCUT2D eigenvalue weighted by Crippen LogP contribution is 2.20. The molecule has 2 rings (SSSR count). The van der Waals surface area contributed by atoms with Crippen LogP contribution in [0.25, 0.3) is 0 Å². The molecular weight excluding hydrogens is 374 g/mol. The van der Waals surface area contributed by atoms with Crippen LogP contribution in [0.4, 0.5) is 14.5 Å². The molecule has 0 radical (unpaired) electrons. The molecule has 1 aromatic carbocycles. The number of esters is 2. The molecule has 0 spiro atoms.